The van der Waals surface area contributed by atoms with Crippen LogP contribution in [-0.4, -0.2) is 94.7 Å². The van der Waals surface area contributed by atoms with Crippen molar-refractivity contribution in [2.75, 3.05) is 26.7 Å². The normalized spacial score (nSPS) is 32.2. The molecule has 4 heterocycles. The van der Waals surface area contributed by atoms with E-state index in [1.807, 2.05) is 42.2 Å². The molecule has 216 valence electrons. The molecule has 6 N–H and O–H groups in total. The Hall–Kier alpha value is -2.93. The van der Waals surface area contributed by atoms with E-state index in [0.717, 1.165) is 5.56 Å². The summed E-state index contributed by atoms with van der Waals surface area (Å²) >= 11 is 1.46. The summed E-state index contributed by atoms with van der Waals surface area (Å²) in [5, 5.41) is 19.1. The summed E-state index contributed by atoms with van der Waals surface area (Å²) in [6.07, 6.45) is 1.27. The summed E-state index contributed by atoms with van der Waals surface area (Å²) in [5.41, 5.74) is 7.37. The summed E-state index contributed by atoms with van der Waals surface area (Å²) in [4.78, 5) is 55.1. The van der Waals surface area contributed by atoms with Crippen LogP contribution in [0.3, 0.4) is 0 Å². The fourth-order valence-electron chi connectivity index (χ4n) is 6.72. The zero-order valence-corrected chi connectivity index (χ0v) is 23.8. The van der Waals surface area contributed by atoms with E-state index in [9.17, 15) is 24.3 Å². The highest BCUT2D eigenvalue weighted by Gasteiger charge is 2.60. The van der Waals surface area contributed by atoms with Gasteiger partial charge in [-0.15, -0.1) is 11.8 Å². The van der Waals surface area contributed by atoms with Crippen molar-refractivity contribution in [3.05, 3.63) is 46.5 Å². The summed E-state index contributed by atoms with van der Waals surface area (Å²) in [6, 6.07) is 8.67. The largest absolute Gasteiger partial charge is 0.477 e. The molecule has 5 rings (SSSR count). The Morgan fingerprint density at radius 1 is 1.23 bits per heavy atom. The van der Waals surface area contributed by atoms with Crippen LogP contribution in [0.2, 0.25) is 0 Å². The van der Waals surface area contributed by atoms with Crippen LogP contribution in [-0.2, 0) is 19.2 Å². The number of carbonyl (C=O) groups excluding carboxylic acids is 3. The predicted molar refractivity (Wildman–Crippen MR) is 151 cm³/mol. The molecule has 40 heavy (non-hydrogen) atoms. The average Bonchev–Trinajstić information content (AvgIpc) is 3.60. The van der Waals surface area contributed by atoms with E-state index in [4.69, 9.17) is 5.73 Å². The van der Waals surface area contributed by atoms with Crippen LogP contribution in [0.5, 0.6) is 0 Å². The van der Waals surface area contributed by atoms with Gasteiger partial charge in [0.15, 0.2) is 0 Å². The van der Waals surface area contributed by atoms with Crippen LogP contribution in [0.1, 0.15) is 38.3 Å². The Balaban J connectivity index is 1.26. The number of likely N-dealkylation sites (tertiary alicyclic amines) is 1. The Kier molecular flexibility index (Phi) is 8.23. The van der Waals surface area contributed by atoms with Crippen molar-refractivity contribution < 1.29 is 24.3 Å². The van der Waals surface area contributed by atoms with Crippen molar-refractivity contribution in [1.82, 2.24) is 25.8 Å². The highest BCUT2D eigenvalue weighted by molar-refractivity contribution is 8.03. The second kappa shape index (κ2) is 11.5. The Labute approximate surface area is 238 Å². The minimum absolute atomic E-state index is 0.0157. The second-order valence-electron chi connectivity index (χ2n) is 11.3. The van der Waals surface area contributed by atoms with Crippen molar-refractivity contribution >= 4 is 35.5 Å². The third-order valence-electron chi connectivity index (χ3n) is 8.54. The SMILES string of the molecule is CNCC(=O)N[C@H](C)[C@H]1C(=O)N2C(C(=O)O)=C(S[C@@H]3CN[C@H](C(=O)N4C[C@H](N)C[C@H]4c4ccccc4)C3)[C@H](C)[C@H]12. The van der Waals surface area contributed by atoms with Crippen molar-refractivity contribution in [2.24, 2.45) is 17.6 Å². The standard InChI is InChI=1S/C28H38N6O5S/c1-14-23-22(15(2)32-21(35)12-30-3)27(37)34(23)24(28(38)39)25(14)40-18-10-19(31-11-18)26(36)33-13-17(29)9-20(33)16-7-5-4-6-8-16/h4-8,14-15,17-20,22-23,30-31H,9-13,29H2,1-3H3,(H,32,35)(H,38,39)/t14-,15-,17-,18+,19+,20+,22-,23-/m1/s1. The number of rotatable bonds is 9. The summed E-state index contributed by atoms with van der Waals surface area (Å²) in [5.74, 6) is -2.30. The zero-order valence-electron chi connectivity index (χ0n) is 23.0. The molecule has 11 nitrogen and oxygen atoms in total. The highest BCUT2D eigenvalue weighted by atomic mass is 32.2. The lowest BCUT2D eigenvalue weighted by Crippen LogP contribution is -2.66. The third-order valence-corrected chi connectivity index (χ3v) is 10.1. The molecule has 3 amide bonds. The molecular weight excluding hydrogens is 532 g/mol. The number of thioether (sulfide) groups is 1. The Morgan fingerprint density at radius 2 is 1.95 bits per heavy atom. The van der Waals surface area contributed by atoms with E-state index >= 15 is 0 Å². The molecule has 0 bridgehead atoms. The quantitative estimate of drug-likeness (QED) is 0.263. The maximum absolute atomic E-state index is 13.6. The maximum atomic E-state index is 13.6. The van der Waals surface area contributed by atoms with Gasteiger partial charge in [-0.05, 0) is 32.4 Å². The number of carbonyl (C=O) groups is 4. The predicted octanol–water partition coefficient (Wildman–Crippen LogP) is 0.248. The molecule has 4 aliphatic heterocycles. The first kappa shape index (κ1) is 28.6. The Morgan fingerprint density at radius 3 is 2.62 bits per heavy atom. The van der Waals surface area contributed by atoms with Gasteiger partial charge in [0.25, 0.3) is 0 Å². The number of β-lactam (4-membered cyclic amide) rings is 1. The van der Waals surface area contributed by atoms with Gasteiger partial charge in [0, 0.05) is 41.2 Å². The molecule has 0 radical (unpaired) electrons. The first-order valence-corrected chi connectivity index (χ1v) is 14.8. The molecule has 0 unspecified atom stereocenters. The number of benzene rings is 1. The van der Waals surface area contributed by atoms with Gasteiger partial charge >= 0.3 is 5.97 Å². The van der Waals surface area contributed by atoms with E-state index in [0.29, 0.717) is 30.8 Å². The number of likely N-dealkylation sites (N-methyl/N-ethyl adjacent to an activating group) is 1. The molecule has 0 aromatic heterocycles. The van der Waals surface area contributed by atoms with Crippen LogP contribution in [0, 0.1) is 11.8 Å². The molecule has 3 saturated heterocycles. The van der Waals surface area contributed by atoms with Crippen LogP contribution < -0.4 is 21.7 Å². The number of aliphatic carboxylic acids is 1. The van der Waals surface area contributed by atoms with E-state index in [-0.39, 0.29) is 65.3 Å². The molecule has 0 aliphatic carbocycles. The lowest BCUT2D eigenvalue weighted by atomic mass is 9.78. The monoisotopic (exact) mass is 570 g/mol. The van der Waals surface area contributed by atoms with Crippen molar-refractivity contribution in [3.8, 4) is 0 Å². The molecule has 12 heteroatoms. The number of nitrogens with zero attached hydrogens (tertiary/aromatic N) is 2. The Bertz CT molecular complexity index is 1210. The maximum Gasteiger partial charge on any atom is 0.353 e. The summed E-state index contributed by atoms with van der Waals surface area (Å²) in [7, 11) is 1.67. The minimum Gasteiger partial charge on any atom is -0.477 e. The average molecular weight is 571 g/mol. The summed E-state index contributed by atoms with van der Waals surface area (Å²) < 4.78 is 0. The van der Waals surface area contributed by atoms with Crippen molar-refractivity contribution in [3.63, 3.8) is 0 Å². The molecule has 0 saturated carbocycles. The number of hydrogen-bond donors (Lipinski definition) is 5. The van der Waals surface area contributed by atoms with Crippen molar-refractivity contribution in [1.29, 1.82) is 0 Å². The van der Waals surface area contributed by atoms with E-state index in [1.54, 1.807) is 14.0 Å². The van der Waals surface area contributed by atoms with Gasteiger partial charge in [0.1, 0.15) is 5.70 Å². The van der Waals surface area contributed by atoms with Crippen LogP contribution in [0.15, 0.2) is 40.9 Å². The number of fused-ring (bicyclic) bond motifs is 1. The van der Waals surface area contributed by atoms with Gasteiger partial charge in [0.2, 0.25) is 17.7 Å². The van der Waals surface area contributed by atoms with Crippen LogP contribution >= 0.6 is 11.8 Å². The number of nitrogens with two attached hydrogens (primary N) is 1. The summed E-state index contributed by atoms with van der Waals surface area (Å²) in [6.45, 7) is 4.93. The number of carboxylic acid groups (broad SMARTS) is 1. The van der Waals surface area contributed by atoms with Gasteiger partial charge in [-0.1, -0.05) is 37.3 Å². The molecule has 3 fully saturated rings. The molecule has 1 aromatic carbocycles. The van der Waals surface area contributed by atoms with Gasteiger partial charge in [-0.25, -0.2) is 4.79 Å². The van der Waals surface area contributed by atoms with Crippen LogP contribution in [0.4, 0.5) is 0 Å². The van der Waals surface area contributed by atoms with Gasteiger partial charge < -0.3 is 36.6 Å². The van der Waals surface area contributed by atoms with E-state index in [1.165, 1.54) is 16.7 Å². The lowest BCUT2D eigenvalue weighted by molar-refractivity contribution is -0.158. The third kappa shape index (κ3) is 5.13. The van der Waals surface area contributed by atoms with Gasteiger partial charge in [0.05, 0.1) is 30.6 Å². The molecule has 8 atom stereocenters. The number of hydrogen-bond acceptors (Lipinski definition) is 8. The highest BCUT2D eigenvalue weighted by Crippen LogP contribution is 2.52. The number of nitrogens with one attached hydrogen (secondary N) is 3. The minimum atomic E-state index is -1.13. The van der Waals surface area contributed by atoms with E-state index < -0.39 is 17.9 Å². The fourth-order valence-corrected chi connectivity index (χ4v) is 8.19. The fraction of sp³-hybridized carbons (Fsp3) is 0.571. The molecule has 4 aliphatic rings. The zero-order chi connectivity index (χ0) is 28.7. The molecule has 0 spiro atoms. The topological polar surface area (TPSA) is 157 Å². The number of carboxylic acids is 1. The van der Waals surface area contributed by atoms with Gasteiger partial charge in [-0.2, -0.15) is 0 Å². The smallest absolute Gasteiger partial charge is 0.353 e. The lowest BCUT2D eigenvalue weighted by Gasteiger charge is -2.47. The van der Waals surface area contributed by atoms with Gasteiger partial charge in [-0.3, -0.25) is 14.4 Å². The van der Waals surface area contributed by atoms with E-state index in [2.05, 4.69) is 16.0 Å². The van der Waals surface area contributed by atoms with Crippen molar-refractivity contribution in [2.45, 2.75) is 62.1 Å². The molecule has 1 aromatic rings. The number of amides is 3. The molecular formula is C28H38N6O5S. The second-order valence-corrected chi connectivity index (χ2v) is 12.6. The first-order chi connectivity index (χ1) is 19.1. The van der Waals surface area contributed by atoms with Crippen LogP contribution in [0.25, 0.3) is 0 Å². The first-order valence-electron chi connectivity index (χ1n) is 13.9.